The Balaban J connectivity index is 1.57. The molecule has 0 radical (unpaired) electrons. The fourth-order valence-electron chi connectivity index (χ4n) is 2.48. The van der Waals surface area contributed by atoms with Gasteiger partial charge in [-0.1, -0.05) is 6.07 Å². The highest BCUT2D eigenvalue weighted by molar-refractivity contribution is 5.94. The van der Waals surface area contributed by atoms with E-state index in [0.717, 1.165) is 12.8 Å². The first-order valence-electron chi connectivity index (χ1n) is 9.00. The number of hydrogen-bond acceptors (Lipinski definition) is 6. The Morgan fingerprint density at radius 1 is 1.14 bits per heavy atom. The van der Waals surface area contributed by atoms with Gasteiger partial charge in [-0.15, -0.1) is 0 Å². The Labute approximate surface area is 162 Å². The first-order valence-corrected chi connectivity index (χ1v) is 9.00. The summed E-state index contributed by atoms with van der Waals surface area (Å²) in [6.45, 7) is 1.85. The molecular weight excluding hydrogens is 360 g/mol. The lowest BCUT2D eigenvalue weighted by Crippen LogP contribution is -2.18. The van der Waals surface area contributed by atoms with Crippen LogP contribution in [-0.2, 0) is 9.59 Å². The molecular formula is C21H20N2O5. The third-order valence-corrected chi connectivity index (χ3v) is 4.00. The molecule has 28 heavy (non-hydrogen) atoms. The average molecular weight is 380 g/mol. The van der Waals surface area contributed by atoms with Crippen molar-refractivity contribution in [1.82, 2.24) is 0 Å². The van der Waals surface area contributed by atoms with Crippen molar-refractivity contribution in [2.24, 2.45) is 5.92 Å². The van der Waals surface area contributed by atoms with E-state index in [-0.39, 0.29) is 24.2 Å². The molecule has 0 aromatic heterocycles. The summed E-state index contributed by atoms with van der Waals surface area (Å²) in [6, 6.07) is 13.4. The molecule has 1 amide bonds. The number of esters is 1. The van der Waals surface area contributed by atoms with Gasteiger partial charge < -0.3 is 19.5 Å². The monoisotopic (exact) mass is 380 g/mol. The number of nitrogens with one attached hydrogen (secondary N) is 1. The molecule has 1 saturated carbocycles. The van der Waals surface area contributed by atoms with E-state index < -0.39 is 5.97 Å². The number of nitriles is 1. The van der Waals surface area contributed by atoms with Crippen LogP contribution in [0.25, 0.3) is 0 Å². The topological polar surface area (TPSA) is 97.7 Å². The van der Waals surface area contributed by atoms with Crippen molar-refractivity contribution >= 4 is 17.6 Å². The van der Waals surface area contributed by atoms with Crippen molar-refractivity contribution in [2.75, 3.05) is 18.5 Å². The van der Waals surface area contributed by atoms with Gasteiger partial charge in [-0.3, -0.25) is 4.79 Å². The maximum Gasteiger partial charge on any atom is 0.349 e. The third-order valence-electron chi connectivity index (χ3n) is 4.00. The smallest absolute Gasteiger partial charge is 0.349 e. The molecule has 1 aliphatic rings. The van der Waals surface area contributed by atoms with E-state index in [9.17, 15) is 9.59 Å². The van der Waals surface area contributed by atoms with Crippen molar-refractivity contribution in [1.29, 1.82) is 5.26 Å². The van der Waals surface area contributed by atoms with Crippen LogP contribution in [0.1, 0.15) is 25.3 Å². The molecule has 0 heterocycles. The Morgan fingerprint density at radius 2 is 1.96 bits per heavy atom. The van der Waals surface area contributed by atoms with Gasteiger partial charge >= 0.3 is 5.97 Å². The van der Waals surface area contributed by atoms with Crippen molar-refractivity contribution in [3.63, 3.8) is 0 Å². The first kappa shape index (κ1) is 19.2. The van der Waals surface area contributed by atoms with Gasteiger partial charge in [-0.05, 0) is 44.0 Å². The number of anilines is 1. The second-order valence-electron chi connectivity index (χ2n) is 6.26. The fraction of sp³-hybridized carbons (Fsp3) is 0.286. The summed E-state index contributed by atoms with van der Waals surface area (Å²) >= 11 is 0. The molecule has 0 bridgehead atoms. The Morgan fingerprint density at radius 3 is 2.68 bits per heavy atom. The molecule has 2 aromatic rings. The van der Waals surface area contributed by atoms with Gasteiger partial charge in [0.1, 0.15) is 5.75 Å². The summed E-state index contributed by atoms with van der Waals surface area (Å²) < 4.78 is 16.2. The van der Waals surface area contributed by atoms with Crippen LogP contribution in [0.4, 0.5) is 5.69 Å². The number of nitrogens with zero attached hydrogens (tertiary/aromatic N) is 1. The highest BCUT2D eigenvalue weighted by atomic mass is 16.6. The molecule has 7 heteroatoms. The fourth-order valence-corrected chi connectivity index (χ4v) is 2.48. The van der Waals surface area contributed by atoms with Crippen LogP contribution in [0.2, 0.25) is 0 Å². The lowest BCUT2D eigenvalue weighted by atomic mass is 10.2. The van der Waals surface area contributed by atoms with Crippen molar-refractivity contribution in [2.45, 2.75) is 19.8 Å². The molecule has 7 nitrogen and oxygen atoms in total. The predicted octanol–water partition coefficient (Wildman–Crippen LogP) is 3.29. The van der Waals surface area contributed by atoms with E-state index >= 15 is 0 Å². The quantitative estimate of drug-likeness (QED) is 0.557. The van der Waals surface area contributed by atoms with E-state index in [1.165, 1.54) is 18.2 Å². The normalized spacial score (nSPS) is 12.6. The van der Waals surface area contributed by atoms with Crippen molar-refractivity contribution in [3.8, 4) is 23.3 Å². The summed E-state index contributed by atoms with van der Waals surface area (Å²) in [6.07, 6.45) is 1.85. The van der Waals surface area contributed by atoms with Gasteiger partial charge in [0.05, 0.1) is 18.2 Å². The summed E-state index contributed by atoms with van der Waals surface area (Å²) in [5, 5.41) is 11.8. The zero-order valence-electron chi connectivity index (χ0n) is 15.4. The molecule has 0 aliphatic heterocycles. The lowest BCUT2D eigenvalue weighted by molar-refractivity contribution is -0.136. The van der Waals surface area contributed by atoms with Gasteiger partial charge in [0, 0.05) is 23.7 Å². The number of benzene rings is 2. The van der Waals surface area contributed by atoms with E-state index in [4.69, 9.17) is 19.5 Å². The van der Waals surface area contributed by atoms with Gasteiger partial charge in [0.15, 0.2) is 18.1 Å². The van der Waals surface area contributed by atoms with E-state index in [2.05, 4.69) is 5.32 Å². The molecule has 0 unspecified atom stereocenters. The highest BCUT2D eigenvalue weighted by Crippen LogP contribution is 2.31. The number of carbonyl (C=O) groups excluding carboxylic acids is 2. The number of hydrogen-bond donors (Lipinski definition) is 1. The maximum atomic E-state index is 12.1. The van der Waals surface area contributed by atoms with Gasteiger partial charge in [0.25, 0.3) is 0 Å². The number of amides is 1. The average Bonchev–Trinajstić information content (AvgIpc) is 3.54. The van der Waals surface area contributed by atoms with E-state index in [0.29, 0.717) is 29.4 Å². The minimum Gasteiger partial charge on any atom is -0.490 e. The Bertz CT molecular complexity index is 915. The minimum absolute atomic E-state index is 0.000768. The zero-order chi connectivity index (χ0) is 19.9. The first-order chi connectivity index (χ1) is 13.6. The van der Waals surface area contributed by atoms with Crippen LogP contribution in [0.5, 0.6) is 17.2 Å². The lowest BCUT2D eigenvalue weighted by Gasteiger charge is -2.12. The van der Waals surface area contributed by atoms with Crippen LogP contribution < -0.4 is 19.5 Å². The molecule has 1 aliphatic carbocycles. The van der Waals surface area contributed by atoms with Crippen LogP contribution in [0.15, 0.2) is 42.5 Å². The van der Waals surface area contributed by atoms with Crippen LogP contribution in [-0.4, -0.2) is 25.1 Å². The Kier molecular flexibility index (Phi) is 6.12. The van der Waals surface area contributed by atoms with Crippen LogP contribution in [0, 0.1) is 17.2 Å². The standard InChI is InChI=1S/C21H20N2O5/c1-2-26-19-10-14(12-22)6-9-18(19)28-20(24)13-27-17-5-3-4-16(11-17)23-21(25)15-7-8-15/h3-6,9-11,15H,2,7-8,13H2,1H3,(H,23,25). The number of carbonyl (C=O) groups is 2. The number of ether oxygens (including phenoxy) is 3. The molecule has 0 spiro atoms. The third kappa shape index (κ3) is 5.24. The largest absolute Gasteiger partial charge is 0.490 e. The maximum absolute atomic E-state index is 12.1. The molecule has 2 aromatic carbocycles. The van der Waals surface area contributed by atoms with Crippen LogP contribution in [0.3, 0.4) is 0 Å². The summed E-state index contributed by atoms with van der Waals surface area (Å²) in [7, 11) is 0. The molecule has 144 valence electrons. The molecule has 0 atom stereocenters. The van der Waals surface area contributed by atoms with Crippen molar-refractivity contribution < 1.29 is 23.8 Å². The minimum atomic E-state index is -0.613. The molecule has 1 N–H and O–H groups in total. The van der Waals surface area contributed by atoms with Gasteiger partial charge in [0.2, 0.25) is 5.91 Å². The highest BCUT2D eigenvalue weighted by Gasteiger charge is 2.29. The molecule has 0 saturated heterocycles. The van der Waals surface area contributed by atoms with Crippen molar-refractivity contribution in [3.05, 3.63) is 48.0 Å². The number of rotatable bonds is 8. The Hall–Kier alpha value is -3.53. The van der Waals surface area contributed by atoms with Gasteiger partial charge in [-0.2, -0.15) is 5.26 Å². The summed E-state index contributed by atoms with van der Waals surface area (Å²) in [4.78, 5) is 23.9. The molecule has 1 fully saturated rings. The zero-order valence-corrected chi connectivity index (χ0v) is 15.4. The van der Waals surface area contributed by atoms with Crippen LogP contribution >= 0.6 is 0 Å². The second-order valence-corrected chi connectivity index (χ2v) is 6.26. The second kappa shape index (κ2) is 8.91. The van der Waals surface area contributed by atoms with E-state index in [1.54, 1.807) is 31.2 Å². The van der Waals surface area contributed by atoms with Gasteiger partial charge in [-0.25, -0.2) is 4.79 Å². The summed E-state index contributed by atoms with van der Waals surface area (Å²) in [5.41, 5.74) is 1.03. The van der Waals surface area contributed by atoms with E-state index in [1.807, 2.05) is 6.07 Å². The SMILES string of the molecule is CCOc1cc(C#N)ccc1OC(=O)COc1cccc(NC(=O)C2CC2)c1. The molecule has 3 rings (SSSR count). The summed E-state index contributed by atoms with van der Waals surface area (Å²) in [5.74, 6) is 0.473. The predicted molar refractivity (Wildman–Crippen MR) is 101 cm³/mol.